The summed E-state index contributed by atoms with van der Waals surface area (Å²) in [5, 5.41) is 3.75. The van der Waals surface area contributed by atoms with E-state index in [-0.39, 0.29) is 34.9 Å². The number of rotatable bonds is 2. The van der Waals surface area contributed by atoms with Gasteiger partial charge in [-0.2, -0.15) is 0 Å². The van der Waals surface area contributed by atoms with Crippen molar-refractivity contribution in [1.29, 1.82) is 0 Å². The van der Waals surface area contributed by atoms with Crippen LogP contribution < -0.4 is 0 Å². The Labute approximate surface area is 146 Å². The minimum Gasteiger partial charge on any atom is -0.361 e. The number of carbonyl (C=O) groups is 2. The van der Waals surface area contributed by atoms with Crippen LogP contribution in [0.3, 0.4) is 0 Å². The zero-order valence-electron chi connectivity index (χ0n) is 14.1. The van der Waals surface area contributed by atoms with Gasteiger partial charge in [0.1, 0.15) is 5.76 Å². The van der Waals surface area contributed by atoms with Gasteiger partial charge in [0, 0.05) is 25.1 Å². The highest BCUT2D eigenvalue weighted by molar-refractivity contribution is 7.91. The highest BCUT2D eigenvalue weighted by atomic mass is 32.2. The van der Waals surface area contributed by atoms with Crippen LogP contribution in [0.15, 0.2) is 10.6 Å². The number of nitrogens with zero attached hydrogens (tertiary/aromatic N) is 3. The third-order valence-electron chi connectivity index (χ3n) is 5.52. The number of aryl methyl sites for hydroxylation is 1. The Morgan fingerprint density at radius 1 is 1.16 bits per heavy atom. The van der Waals surface area contributed by atoms with Gasteiger partial charge in [-0.3, -0.25) is 9.59 Å². The molecule has 0 spiro atoms. The van der Waals surface area contributed by atoms with Crippen molar-refractivity contribution in [2.24, 2.45) is 5.92 Å². The first kappa shape index (κ1) is 16.6. The van der Waals surface area contributed by atoms with Crippen molar-refractivity contribution < 1.29 is 22.5 Å². The predicted molar refractivity (Wildman–Crippen MR) is 87.6 cm³/mol. The maximum Gasteiger partial charge on any atom is 0.276 e. The molecular formula is C16H21N3O5S. The number of piperazine rings is 1. The molecule has 3 fully saturated rings. The molecule has 4 rings (SSSR count). The predicted octanol–water partition coefficient (Wildman–Crippen LogP) is 0.233. The maximum atomic E-state index is 12.7. The lowest BCUT2D eigenvalue weighted by molar-refractivity contribution is -0.143. The van der Waals surface area contributed by atoms with Gasteiger partial charge in [0.15, 0.2) is 15.5 Å². The normalized spacial score (nSPS) is 28.5. The van der Waals surface area contributed by atoms with Crippen LogP contribution in [0.2, 0.25) is 0 Å². The molecule has 8 nitrogen and oxygen atoms in total. The Hall–Kier alpha value is -1.90. The Kier molecular flexibility index (Phi) is 3.86. The largest absolute Gasteiger partial charge is 0.361 e. The molecule has 1 aromatic rings. The van der Waals surface area contributed by atoms with E-state index in [0.29, 0.717) is 18.8 Å². The molecule has 0 aromatic carbocycles. The molecule has 2 saturated heterocycles. The minimum absolute atomic E-state index is 0.0180. The quantitative estimate of drug-likeness (QED) is 0.742. The van der Waals surface area contributed by atoms with Gasteiger partial charge in [-0.15, -0.1) is 0 Å². The molecule has 1 saturated carbocycles. The molecule has 9 heteroatoms. The summed E-state index contributed by atoms with van der Waals surface area (Å²) in [5.74, 6) is 0.0801. The summed E-state index contributed by atoms with van der Waals surface area (Å²) in [6.45, 7) is 2.39. The van der Waals surface area contributed by atoms with E-state index in [1.165, 1.54) is 0 Å². The van der Waals surface area contributed by atoms with Gasteiger partial charge in [-0.25, -0.2) is 8.42 Å². The van der Waals surface area contributed by atoms with Gasteiger partial charge in [-0.05, 0) is 19.8 Å². The lowest BCUT2D eigenvalue weighted by Gasteiger charge is -2.45. The first-order valence-electron chi connectivity index (χ1n) is 8.61. The highest BCUT2D eigenvalue weighted by Crippen LogP contribution is 2.33. The van der Waals surface area contributed by atoms with E-state index in [1.807, 2.05) is 0 Å². The standard InChI is InChI=1S/C16H21N3O5S/c1-10-7-12(17-24-10)16(21)19-6-5-18(15(20)11-3-2-4-11)13-8-25(22,23)9-14(13)19/h7,11,13-14H,2-6,8-9H2,1H3. The Morgan fingerprint density at radius 3 is 2.36 bits per heavy atom. The molecule has 136 valence electrons. The third kappa shape index (κ3) is 2.84. The number of carbonyl (C=O) groups excluding carboxylic acids is 2. The van der Waals surface area contributed by atoms with Gasteiger partial charge in [0.05, 0.1) is 23.6 Å². The monoisotopic (exact) mass is 367 g/mol. The molecule has 3 heterocycles. The molecule has 25 heavy (non-hydrogen) atoms. The fourth-order valence-corrected chi connectivity index (χ4v) is 5.96. The Morgan fingerprint density at radius 2 is 1.80 bits per heavy atom. The SMILES string of the molecule is Cc1cc(C(=O)N2CCN(C(=O)C3CCC3)C3CS(=O)(=O)CC32)no1. The summed E-state index contributed by atoms with van der Waals surface area (Å²) in [4.78, 5) is 28.7. The van der Waals surface area contributed by atoms with Crippen LogP contribution in [-0.4, -0.2) is 71.9 Å². The van der Waals surface area contributed by atoms with Crippen molar-refractivity contribution in [3.05, 3.63) is 17.5 Å². The van der Waals surface area contributed by atoms with Gasteiger partial charge >= 0.3 is 0 Å². The Bertz CT molecular complexity index is 813. The van der Waals surface area contributed by atoms with E-state index in [1.54, 1.807) is 22.8 Å². The molecule has 1 aromatic heterocycles. The van der Waals surface area contributed by atoms with Crippen LogP contribution in [0.5, 0.6) is 0 Å². The maximum absolute atomic E-state index is 12.7. The van der Waals surface area contributed by atoms with Crippen LogP contribution in [-0.2, 0) is 14.6 Å². The Balaban J connectivity index is 1.60. The number of aromatic nitrogens is 1. The third-order valence-corrected chi connectivity index (χ3v) is 7.22. The van der Waals surface area contributed by atoms with Crippen LogP contribution >= 0.6 is 0 Å². The lowest BCUT2D eigenvalue weighted by Crippen LogP contribution is -2.63. The molecule has 2 aliphatic heterocycles. The summed E-state index contributed by atoms with van der Waals surface area (Å²) in [7, 11) is -3.28. The molecule has 2 atom stereocenters. The topological polar surface area (TPSA) is 101 Å². The van der Waals surface area contributed by atoms with E-state index in [2.05, 4.69) is 5.16 Å². The van der Waals surface area contributed by atoms with Crippen molar-refractivity contribution in [3.8, 4) is 0 Å². The molecule has 2 amide bonds. The fourth-order valence-electron chi connectivity index (χ4n) is 3.98. The van der Waals surface area contributed by atoms with Crippen molar-refractivity contribution in [3.63, 3.8) is 0 Å². The smallest absolute Gasteiger partial charge is 0.276 e. The number of hydrogen-bond acceptors (Lipinski definition) is 6. The van der Waals surface area contributed by atoms with Crippen LogP contribution in [0.1, 0.15) is 35.5 Å². The number of amides is 2. The second-order valence-corrected chi connectivity index (χ2v) is 9.35. The van der Waals surface area contributed by atoms with E-state index in [0.717, 1.165) is 19.3 Å². The first-order valence-corrected chi connectivity index (χ1v) is 10.4. The summed E-state index contributed by atoms with van der Waals surface area (Å²) in [6, 6.07) is 0.586. The minimum atomic E-state index is -3.28. The van der Waals surface area contributed by atoms with Crippen LogP contribution in [0.25, 0.3) is 0 Å². The number of sulfone groups is 1. The molecular weight excluding hydrogens is 346 g/mol. The summed E-state index contributed by atoms with van der Waals surface area (Å²) < 4.78 is 29.4. The van der Waals surface area contributed by atoms with E-state index >= 15 is 0 Å². The molecule has 0 N–H and O–H groups in total. The van der Waals surface area contributed by atoms with Gasteiger partial charge < -0.3 is 14.3 Å². The van der Waals surface area contributed by atoms with Crippen molar-refractivity contribution in [2.75, 3.05) is 24.6 Å². The van der Waals surface area contributed by atoms with Gasteiger partial charge in [0.25, 0.3) is 5.91 Å². The van der Waals surface area contributed by atoms with Crippen LogP contribution in [0, 0.1) is 12.8 Å². The van der Waals surface area contributed by atoms with Crippen molar-refractivity contribution in [2.45, 2.75) is 38.3 Å². The molecule has 3 aliphatic rings. The second kappa shape index (κ2) is 5.82. The summed E-state index contributed by atoms with van der Waals surface area (Å²) in [5.41, 5.74) is 0.180. The van der Waals surface area contributed by atoms with Crippen molar-refractivity contribution in [1.82, 2.24) is 15.0 Å². The van der Waals surface area contributed by atoms with E-state index in [9.17, 15) is 18.0 Å². The molecule has 1 aliphatic carbocycles. The van der Waals surface area contributed by atoms with Crippen molar-refractivity contribution >= 4 is 21.7 Å². The highest BCUT2D eigenvalue weighted by Gasteiger charge is 2.50. The van der Waals surface area contributed by atoms with Crippen LogP contribution in [0.4, 0.5) is 0 Å². The number of fused-ring (bicyclic) bond motifs is 1. The lowest BCUT2D eigenvalue weighted by atomic mass is 9.83. The zero-order valence-corrected chi connectivity index (χ0v) is 14.9. The zero-order chi connectivity index (χ0) is 17.8. The second-order valence-electron chi connectivity index (χ2n) is 7.19. The fraction of sp³-hybridized carbons (Fsp3) is 0.688. The van der Waals surface area contributed by atoms with Gasteiger partial charge in [-0.1, -0.05) is 11.6 Å². The van der Waals surface area contributed by atoms with E-state index < -0.39 is 21.9 Å². The summed E-state index contributed by atoms with van der Waals surface area (Å²) in [6.07, 6.45) is 2.80. The first-order chi connectivity index (χ1) is 11.9. The summed E-state index contributed by atoms with van der Waals surface area (Å²) >= 11 is 0. The van der Waals surface area contributed by atoms with Gasteiger partial charge in [0.2, 0.25) is 5.91 Å². The van der Waals surface area contributed by atoms with E-state index in [4.69, 9.17) is 4.52 Å². The number of hydrogen-bond donors (Lipinski definition) is 0. The average Bonchev–Trinajstić information content (AvgIpc) is 3.05. The molecule has 0 radical (unpaired) electrons. The average molecular weight is 367 g/mol. The molecule has 2 unspecified atom stereocenters. The molecule has 0 bridgehead atoms.